The largest absolute Gasteiger partial charge is 0.504 e. The Balaban J connectivity index is 1.36. The number of rotatable bonds is 4. The van der Waals surface area contributed by atoms with Gasteiger partial charge in [-0.15, -0.1) is 0 Å². The molecule has 1 saturated heterocycles. The Hall–Kier alpha value is -2.77. The fraction of sp³-hybridized carbons (Fsp3) is 0.273. The number of nitrogens with one attached hydrogen (secondary N) is 1. The second-order valence-corrected chi connectivity index (χ2v) is 8.15. The van der Waals surface area contributed by atoms with E-state index in [1.54, 1.807) is 29.2 Å². The molecule has 1 amide bonds. The van der Waals surface area contributed by atoms with E-state index in [9.17, 15) is 9.90 Å². The highest BCUT2D eigenvalue weighted by Gasteiger charge is 2.29. The van der Waals surface area contributed by atoms with Gasteiger partial charge in [-0.2, -0.15) is 4.99 Å². The number of phenolic OH excluding ortho intramolecular Hbond substituents is 1. The number of phenols is 1. The lowest BCUT2D eigenvalue weighted by Gasteiger charge is -2.32. The molecule has 6 nitrogen and oxygen atoms in total. The molecule has 4 rings (SSSR count). The molecule has 29 heavy (non-hydrogen) atoms. The van der Waals surface area contributed by atoms with Crippen LogP contribution in [0.2, 0.25) is 0 Å². The van der Waals surface area contributed by atoms with Crippen molar-refractivity contribution in [1.29, 1.82) is 0 Å². The molecule has 0 atom stereocenters. The Bertz CT molecular complexity index is 951. The molecule has 2 aliphatic heterocycles. The van der Waals surface area contributed by atoms with Crippen molar-refractivity contribution >= 4 is 28.9 Å². The van der Waals surface area contributed by atoms with Crippen LogP contribution in [-0.4, -0.2) is 54.4 Å². The van der Waals surface area contributed by atoms with Gasteiger partial charge in [0.15, 0.2) is 16.7 Å². The summed E-state index contributed by atoms with van der Waals surface area (Å²) in [5, 5.41) is 10.5. The van der Waals surface area contributed by atoms with Crippen molar-refractivity contribution in [3.05, 3.63) is 64.6 Å². The van der Waals surface area contributed by atoms with Crippen LogP contribution in [0.3, 0.4) is 0 Å². The fourth-order valence-corrected chi connectivity index (χ4v) is 4.51. The van der Waals surface area contributed by atoms with Gasteiger partial charge in [-0.05, 0) is 35.5 Å². The summed E-state index contributed by atoms with van der Waals surface area (Å²) in [6, 6.07) is 15.6. The third-order valence-corrected chi connectivity index (χ3v) is 6.19. The molecule has 2 aromatic carbocycles. The minimum atomic E-state index is -0.212. The summed E-state index contributed by atoms with van der Waals surface area (Å²) >= 11 is 1.42. The number of benzene rings is 2. The molecular formula is C22H24N3O3S+. The first-order valence-electron chi connectivity index (χ1n) is 9.64. The number of carbonyl (C=O) groups excluding carboxylic acids is 1. The number of ether oxygens (including phenoxy) is 1. The van der Waals surface area contributed by atoms with Crippen molar-refractivity contribution in [1.82, 2.24) is 4.90 Å². The first kappa shape index (κ1) is 19.5. The summed E-state index contributed by atoms with van der Waals surface area (Å²) < 4.78 is 5.14. The predicted molar refractivity (Wildman–Crippen MR) is 115 cm³/mol. The van der Waals surface area contributed by atoms with Gasteiger partial charge in [-0.1, -0.05) is 36.4 Å². The topological polar surface area (TPSA) is 66.6 Å². The zero-order valence-electron chi connectivity index (χ0n) is 16.3. The molecular weight excluding hydrogens is 386 g/mol. The quantitative estimate of drug-likeness (QED) is 0.752. The summed E-state index contributed by atoms with van der Waals surface area (Å²) in [6.07, 6.45) is 1.79. The predicted octanol–water partition coefficient (Wildman–Crippen LogP) is 1.77. The number of amides is 1. The van der Waals surface area contributed by atoms with Crippen LogP contribution in [0, 0.1) is 0 Å². The van der Waals surface area contributed by atoms with E-state index in [1.807, 2.05) is 6.07 Å². The monoisotopic (exact) mass is 410 g/mol. The Morgan fingerprint density at radius 2 is 1.97 bits per heavy atom. The number of hydrogen-bond acceptors (Lipinski definition) is 5. The SMILES string of the molecule is COc1cc(/C=C2/SC(N3CC[NH+](Cc4ccccc4)CC3)=NC2=O)ccc1O. The van der Waals surface area contributed by atoms with Crippen LogP contribution in [0.4, 0.5) is 0 Å². The summed E-state index contributed by atoms with van der Waals surface area (Å²) in [6.45, 7) is 4.86. The summed E-state index contributed by atoms with van der Waals surface area (Å²) in [4.78, 5) is 21.0. The van der Waals surface area contributed by atoms with Crippen molar-refractivity contribution in [3.63, 3.8) is 0 Å². The lowest BCUT2D eigenvalue weighted by atomic mass is 10.2. The molecule has 0 aliphatic carbocycles. The number of amidine groups is 1. The molecule has 7 heteroatoms. The number of quaternary nitrogens is 1. The normalized spacial score (nSPS) is 18.9. The molecule has 0 spiro atoms. The number of piperazine rings is 1. The first-order chi connectivity index (χ1) is 14.1. The minimum absolute atomic E-state index is 0.0767. The van der Waals surface area contributed by atoms with Crippen molar-refractivity contribution in [2.24, 2.45) is 4.99 Å². The lowest BCUT2D eigenvalue weighted by Crippen LogP contribution is -3.13. The van der Waals surface area contributed by atoms with Gasteiger partial charge in [0.05, 0.1) is 38.2 Å². The van der Waals surface area contributed by atoms with E-state index >= 15 is 0 Å². The van der Waals surface area contributed by atoms with E-state index in [4.69, 9.17) is 4.74 Å². The summed E-state index contributed by atoms with van der Waals surface area (Å²) in [5.41, 5.74) is 2.15. The summed E-state index contributed by atoms with van der Waals surface area (Å²) in [7, 11) is 1.50. The van der Waals surface area contributed by atoms with E-state index in [0.29, 0.717) is 10.7 Å². The highest BCUT2D eigenvalue weighted by atomic mass is 32.2. The third kappa shape index (κ3) is 4.63. The van der Waals surface area contributed by atoms with Crippen molar-refractivity contribution in [2.45, 2.75) is 6.54 Å². The highest BCUT2D eigenvalue weighted by molar-refractivity contribution is 8.18. The second kappa shape index (κ2) is 8.71. The number of methoxy groups -OCH3 is 1. The number of carbonyl (C=O) groups is 1. The van der Waals surface area contributed by atoms with E-state index in [0.717, 1.165) is 43.5 Å². The maximum Gasteiger partial charge on any atom is 0.286 e. The van der Waals surface area contributed by atoms with Crippen molar-refractivity contribution in [3.8, 4) is 11.5 Å². The Morgan fingerprint density at radius 1 is 1.21 bits per heavy atom. The van der Waals surface area contributed by atoms with Gasteiger partial charge in [0, 0.05) is 5.56 Å². The minimum Gasteiger partial charge on any atom is -0.504 e. The number of nitrogens with zero attached hydrogens (tertiary/aromatic N) is 2. The average Bonchev–Trinajstić information content (AvgIpc) is 3.11. The van der Waals surface area contributed by atoms with Gasteiger partial charge in [0.1, 0.15) is 6.54 Å². The second-order valence-electron chi connectivity index (χ2n) is 7.14. The average molecular weight is 411 g/mol. The smallest absolute Gasteiger partial charge is 0.286 e. The van der Waals surface area contributed by atoms with Gasteiger partial charge < -0.3 is 19.6 Å². The van der Waals surface area contributed by atoms with Gasteiger partial charge >= 0.3 is 0 Å². The Morgan fingerprint density at radius 3 is 2.69 bits per heavy atom. The van der Waals surface area contributed by atoms with Crippen LogP contribution < -0.4 is 9.64 Å². The van der Waals surface area contributed by atoms with E-state index in [2.05, 4.69) is 34.2 Å². The van der Waals surface area contributed by atoms with Gasteiger partial charge in [0.25, 0.3) is 5.91 Å². The van der Waals surface area contributed by atoms with Crippen molar-refractivity contribution in [2.75, 3.05) is 33.3 Å². The van der Waals surface area contributed by atoms with E-state index in [1.165, 1.54) is 24.4 Å². The number of hydrogen-bond donors (Lipinski definition) is 2. The molecule has 0 unspecified atom stereocenters. The van der Waals surface area contributed by atoms with Crippen LogP contribution in [-0.2, 0) is 11.3 Å². The number of aliphatic imine (C=N–C) groups is 1. The highest BCUT2D eigenvalue weighted by Crippen LogP contribution is 2.32. The zero-order valence-corrected chi connectivity index (χ0v) is 17.1. The van der Waals surface area contributed by atoms with Gasteiger partial charge in [0.2, 0.25) is 0 Å². The van der Waals surface area contributed by atoms with Crippen LogP contribution in [0.1, 0.15) is 11.1 Å². The molecule has 1 fully saturated rings. The van der Waals surface area contributed by atoms with Gasteiger partial charge in [-0.25, -0.2) is 0 Å². The first-order valence-corrected chi connectivity index (χ1v) is 10.5. The molecule has 2 aliphatic rings. The standard InChI is InChI=1S/C22H23N3O3S/c1-28-19-13-17(7-8-18(19)26)14-20-21(27)23-22(29-20)25-11-9-24(10-12-25)15-16-5-3-2-4-6-16/h2-8,13-14,26H,9-12,15H2,1H3/p+1/b20-14+. The molecule has 0 bridgehead atoms. The third-order valence-electron chi connectivity index (χ3n) is 5.15. The van der Waals surface area contributed by atoms with Gasteiger partial charge in [-0.3, -0.25) is 4.79 Å². The molecule has 0 radical (unpaired) electrons. The zero-order chi connectivity index (χ0) is 20.2. The van der Waals surface area contributed by atoms with Crippen LogP contribution in [0.5, 0.6) is 11.5 Å². The maximum absolute atomic E-state index is 12.4. The fourth-order valence-electron chi connectivity index (χ4n) is 3.54. The van der Waals surface area contributed by atoms with E-state index in [-0.39, 0.29) is 11.7 Å². The van der Waals surface area contributed by atoms with Crippen LogP contribution in [0.15, 0.2) is 58.4 Å². The van der Waals surface area contributed by atoms with E-state index < -0.39 is 0 Å². The molecule has 150 valence electrons. The Labute approximate surface area is 174 Å². The van der Waals surface area contributed by atoms with Crippen LogP contribution in [0.25, 0.3) is 6.08 Å². The number of thioether (sulfide) groups is 1. The molecule has 0 aromatic heterocycles. The van der Waals surface area contributed by atoms with Crippen LogP contribution >= 0.6 is 11.8 Å². The molecule has 0 saturated carbocycles. The maximum atomic E-state index is 12.4. The molecule has 2 aromatic rings. The number of aromatic hydroxyl groups is 1. The molecule has 2 N–H and O–H groups in total. The Kier molecular flexibility index (Phi) is 5.87. The summed E-state index contributed by atoms with van der Waals surface area (Å²) in [5.74, 6) is 0.248. The molecule has 2 heterocycles. The lowest BCUT2D eigenvalue weighted by molar-refractivity contribution is -0.917. The van der Waals surface area contributed by atoms with Crippen molar-refractivity contribution < 1.29 is 19.5 Å².